The quantitative estimate of drug-likeness (QED) is 0.766. The van der Waals surface area contributed by atoms with Gasteiger partial charge >= 0.3 is 0 Å². The van der Waals surface area contributed by atoms with E-state index < -0.39 is 10.2 Å². The van der Waals surface area contributed by atoms with Gasteiger partial charge in [-0.2, -0.15) is 12.7 Å². The minimum atomic E-state index is -3.32. The molecule has 0 atom stereocenters. The predicted octanol–water partition coefficient (Wildman–Crippen LogP) is 0.682. The lowest BCUT2D eigenvalue weighted by molar-refractivity contribution is 0.360. The molecule has 0 aromatic rings. The maximum atomic E-state index is 12.1. The zero-order chi connectivity index (χ0) is 12.9. The summed E-state index contributed by atoms with van der Waals surface area (Å²) in [5, 5.41) is 0. The maximum absolute atomic E-state index is 12.1. The zero-order valence-electron chi connectivity index (χ0n) is 10.9. The van der Waals surface area contributed by atoms with Crippen molar-refractivity contribution in [1.82, 2.24) is 9.03 Å². The van der Waals surface area contributed by atoms with Crippen molar-refractivity contribution in [3.8, 4) is 0 Å². The Kier molecular flexibility index (Phi) is 5.37. The van der Waals surface area contributed by atoms with Gasteiger partial charge in [-0.05, 0) is 24.8 Å². The fraction of sp³-hybridized carbons (Fsp3) is 1.00. The second-order valence-corrected chi connectivity index (χ2v) is 7.26. The van der Waals surface area contributed by atoms with E-state index in [1.54, 1.807) is 4.31 Å². The molecule has 0 radical (unpaired) electrons. The van der Waals surface area contributed by atoms with Crippen LogP contribution in [0.1, 0.15) is 39.5 Å². The van der Waals surface area contributed by atoms with Gasteiger partial charge in [0.1, 0.15) is 0 Å². The number of hydrogen-bond donors (Lipinski definition) is 2. The Hall–Kier alpha value is -0.170. The molecule has 0 aromatic carbocycles. The van der Waals surface area contributed by atoms with E-state index in [2.05, 4.69) is 4.72 Å². The van der Waals surface area contributed by atoms with E-state index in [-0.39, 0.29) is 5.41 Å². The molecule has 0 bridgehead atoms. The summed E-state index contributed by atoms with van der Waals surface area (Å²) in [6, 6.07) is 0. The van der Waals surface area contributed by atoms with Crippen LogP contribution in [0.4, 0.5) is 0 Å². The Bertz CT molecular complexity index is 320. The lowest BCUT2D eigenvalue weighted by atomic mass is 9.95. The van der Waals surface area contributed by atoms with E-state index in [0.717, 1.165) is 25.7 Å². The standard InChI is InChI=1S/C11H25N3O2S/c1-11(2,9-12)10-13-17(15,16)14-7-5-3-4-6-8-14/h13H,3-10,12H2,1-2H3. The molecule has 0 spiro atoms. The Balaban J connectivity index is 2.55. The molecular weight excluding hydrogens is 238 g/mol. The average molecular weight is 263 g/mol. The third kappa shape index (κ3) is 4.91. The van der Waals surface area contributed by atoms with Crippen molar-refractivity contribution < 1.29 is 8.42 Å². The molecule has 1 aliphatic heterocycles. The van der Waals surface area contributed by atoms with Crippen molar-refractivity contribution in [1.29, 1.82) is 0 Å². The molecule has 0 aromatic heterocycles. The van der Waals surface area contributed by atoms with E-state index in [4.69, 9.17) is 5.73 Å². The van der Waals surface area contributed by atoms with Crippen molar-refractivity contribution in [2.75, 3.05) is 26.2 Å². The average Bonchev–Trinajstić information content (AvgIpc) is 2.56. The number of nitrogens with zero attached hydrogens (tertiary/aromatic N) is 1. The molecule has 17 heavy (non-hydrogen) atoms. The molecular formula is C11H25N3O2S. The second kappa shape index (κ2) is 6.13. The van der Waals surface area contributed by atoms with Crippen LogP contribution >= 0.6 is 0 Å². The monoisotopic (exact) mass is 263 g/mol. The summed E-state index contributed by atoms with van der Waals surface area (Å²) < 4.78 is 28.4. The number of hydrogen-bond acceptors (Lipinski definition) is 3. The summed E-state index contributed by atoms with van der Waals surface area (Å²) in [4.78, 5) is 0. The first-order chi connectivity index (χ1) is 7.87. The van der Waals surface area contributed by atoms with Crippen LogP contribution in [0.25, 0.3) is 0 Å². The Morgan fingerprint density at radius 3 is 2.18 bits per heavy atom. The van der Waals surface area contributed by atoms with E-state index in [1.807, 2.05) is 13.8 Å². The lowest BCUT2D eigenvalue weighted by Gasteiger charge is -2.26. The van der Waals surface area contributed by atoms with E-state index in [1.165, 1.54) is 0 Å². The molecule has 0 aliphatic carbocycles. The van der Waals surface area contributed by atoms with Crippen molar-refractivity contribution in [3.05, 3.63) is 0 Å². The maximum Gasteiger partial charge on any atom is 0.279 e. The van der Waals surface area contributed by atoms with Gasteiger partial charge in [0, 0.05) is 19.6 Å². The van der Waals surface area contributed by atoms with Crippen molar-refractivity contribution in [2.24, 2.45) is 11.1 Å². The third-order valence-electron chi connectivity index (χ3n) is 3.19. The van der Waals surface area contributed by atoms with Gasteiger partial charge in [0.25, 0.3) is 10.2 Å². The third-order valence-corrected chi connectivity index (χ3v) is 4.74. The summed E-state index contributed by atoms with van der Waals surface area (Å²) in [6.07, 6.45) is 4.17. The largest absolute Gasteiger partial charge is 0.330 e. The fourth-order valence-electron chi connectivity index (χ4n) is 1.73. The van der Waals surface area contributed by atoms with E-state index in [9.17, 15) is 8.42 Å². The van der Waals surface area contributed by atoms with Crippen molar-refractivity contribution in [3.63, 3.8) is 0 Å². The molecule has 1 saturated heterocycles. The Morgan fingerprint density at radius 2 is 1.71 bits per heavy atom. The van der Waals surface area contributed by atoms with Gasteiger partial charge in [-0.1, -0.05) is 26.7 Å². The number of nitrogens with two attached hydrogens (primary N) is 1. The van der Waals surface area contributed by atoms with Crippen LogP contribution in [0, 0.1) is 5.41 Å². The zero-order valence-corrected chi connectivity index (χ0v) is 11.7. The van der Waals surface area contributed by atoms with Gasteiger partial charge in [-0.15, -0.1) is 0 Å². The highest BCUT2D eigenvalue weighted by Crippen LogP contribution is 2.15. The molecule has 5 nitrogen and oxygen atoms in total. The fourth-order valence-corrected chi connectivity index (χ4v) is 3.23. The number of rotatable bonds is 5. The summed E-state index contributed by atoms with van der Waals surface area (Å²) in [5.41, 5.74) is 5.40. The summed E-state index contributed by atoms with van der Waals surface area (Å²) in [5.74, 6) is 0. The summed E-state index contributed by atoms with van der Waals surface area (Å²) in [6.45, 7) is 6.05. The van der Waals surface area contributed by atoms with Crippen LogP contribution in [0.5, 0.6) is 0 Å². The smallest absolute Gasteiger partial charge is 0.279 e. The minimum Gasteiger partial charge on any atom is -0.330 e. The van der Waals surface area contributed by atoms with E-state index >= 15 is 0 Å². The molecule has 1 rings (SSSR count). The first-order valence-electron chi connectivity index (χ1n) is 6.32. The van der Waals surface area contributed by atoms with Gasteiger partial charge in [0.05, 0.1) is 0 Å². The highest BCUT2D eigenvalue weighted by atomic mass is 32.2. The molecule has 102 valence electrons. The second-order valence-electron chi connectivity index (χ2n) is 5.51. The van der Waals surface area contributed by atoms with Crippen LogP contribution in [0.15, 0.2) is 0 Å². The topological polar surface area (TPSA) is 75.4 Å². The summed E-state index contributed by atoms with van der Waals surface area (Å²) in [7, 11) is -3.32. The molecule has 0 amide bonds. The first-order valence-corrected chi connectivity index (χ1v) is 7.76. The summed E-state index contributed by atoms with van der Waals surface area (Å²) >= 11 is 0. The van der Waals surface area contributed by atoms with E-state index in [0.29, 0.717) is 26.2 Å². The molecule has 6 heteroatoms. The molecule has 1 aliphatic rings. The SMILES string of the molecule is CC(C)(CN)CNS(=O)(=O)N1CCCCCC1. The highest BCUT2D eigenvalue weighted by molar-refractivity contribution is 7.87. The minimum absolute atomic E-state index is 0.196. The normalized spacial score (nSPS) is 20.2. The molecule has 0 saturated carbocycles. The highest BCUT2D eigenvalue weighted by Gasteiger charge is 2.25. The van der Waals surface area contributed by atoms with Gasteiger partial charge in [-0.25, -0.2) is 4.72 Å². The van der Waals surface area contributed by atoms with Gasteiger partial charge < -0.3 is 5.73 Å². The van der Waals surface area contributed by atoms with Crippen LogP contribution in [0.2, 0.25) is 0 Å². The lowest BCUT2D eigenvalue weighted by Crippen LogP contribution is -2.46. The van der Waals surface area contributed by atoms with Crippen LogP contribution < -0.4 is 10.5 Å². The van der Waals surface area contributed by atoms with Crippen molar-refractivity contribution in [2.45, 2.75) is 39.5 Å². The van der Waals surface area contributed by atoms with Gasteiger partial charge in [0.2, 0.25) is 0 Å². The van der Waals surface area contributed by atoms with Crippen LogP contribution in [-0.2, 0) is 10.2 Å². The first kappa shape index (κ1) is 14.9. The molecule has 1 fully saturated rings. The predicted molar refractivity (Wildman–Crippen MR) is 69.8 cm³/mol. The molecule has 1 heterocycles. The molecule has 0 unspecified atom stereocenters. The Morgan fingerprint density at radius 1 is 1.18 bits per heavy atom. The van der Waals surface area contributed by atoms with Gasteiger partial charge in [0.15, 0.2) is 0 Å². The molecule has 3 N–H and O–H groups in total. The van der Waals surface area contributed by atoms with Crippen LogP contribution in [0.3, 0.4) is 0 Å². The van der Waals surface area contributed by atoms with Crippen LogP contribution in [-0.4, -0.2) is 38.9 Å². The van der Waals surface area contributed by atoms with Gasteiger partial charge in [-0.3, -0.25) is 0 Å². The van der Waals surface area contributed by atoms with Crippen molar-refractivity contribution >= 4 is 10.2 Å². The Labute approximate surface area is 105 Å². The number of nitrogens with one attached hydrogen (secondary N) is 1.